The van der Waals surface area contributed by atoms with Crippen LogP contribution in [0.2, 0.25) is 0 Å². The molecule has 1 aromatic heterocycles. The standard InChI is InChI=1S/C20H18N4O3S/c1-12-21-18(11-28-12)13-2-5-16(6-3-13)23-20(25)14-4-9-17(22-15-7-8-15)19(10-14)24(26)27/h2-6,9-11,15,22H,7-8H2,1H3,(H,23,25). The molecule has 2 aromatic carbocycles. The van der Waals surface area contributed by atoms with E-state index < -0.39 is 10.8 Å². The highest BCUT2D eigenvalue weighted by molar-refractivity contribution is 7.09. The normalized spacial score (nSPS) is 13.2. The van der Waals surface area contributed by atoms with E-state index in [1.54, 1.807) is 35.6 Å². The number of aryl methyl sites for hydroxylation is 1. The number of nitro groups is 1. The van der Waals surface area contributed by atoms with Gasteiger partial charge in [0, 0.05) is 34.3 Å². The summed E-state index contributed by atoms with van der Waals surface area (Å²) in [6.07, 6.45) is 2.02. The van der Waals surface area contributed by atoms with E-state index in [9.17, 15) is 14.9 Å². The third-order valence-electron chi connectivity index (χ3n) is 4.45. The van der Waals surface area contributed by atoms with Gasteiger partial charge in [-0.3, -0.25) is 14.9 Å². The van der Waals surface area contributed by atoms with Crippen molar-refractivity contribution < 1.29 is 9.72 Å². The molecule has 142 valence electrons. The van der Waals surface area contributed by atoms with Gasteiger partial charge < -0.3 is 10.6 Å². The van der Waals surface area contributed by atoms with Gasteiger partial charge in [0.1, 0.15) is 5.69 Å². The molecule has 1 saturated carbocycles. The zero-order chi connectivity index (χ0) is 19.7. The summed E-state index contributed by atoms with van der Waals surface area (Å²) in [7, 11) is 0. The Morgan fingerprint density at radius 2 is 1.96 bits per heavy atom. The maximum Gasteiger partial charge on any atom is 0.293 e. The van der Waals surface area contributed by atoms with E-state index in [-0.39, 0.29) is 11.3 Å². The van der Waals surface area contributed by atoms with Gasteiger partial charge >= 0.3 is 0 Å². The number of aromatic nitrogens is 1. The van der Waals surface area contributed by atoms with Crippen LogP contribution in [0.5, 0.6) is 0 Å². The molecule has 0 radical (unpaired) electrons. The number of carbonyl (C=O) groups excluding carboxylic acids is 1. The van der Waals surface area contributed by atoms with Gasteiger partial charge in [-0.15, -0.1) is 11.3 Å². The lowest BCUT2D eigenvalue weighted by molar-refractivity contribution is -0.384. The number of carbonyl (C=O) groups is 1. The maximum atomic E-state index is 12.5. The van der Waals surface area contributed by atoms with E-state index in [0.717, 1.165) is 29.1 Å². The SMILES string of the molecule is Cc1nc(-c2ccc(NC(=O)c3ccc(NC4CC4)c([N+](=O)[O-])c3)cc2)cs1. The minimum absolute atomic E-state index is 0.0891. The minimum atomic E-state index is -0.466. The van der Waals surface area contributed by atoms with E-state index >= 15 is 0 Å². The van der Waals surface area contributed by atoms with E-state index in [1.165, 1.54) is 6.07 Å². The molecule has 0 atom stereocenters. The molecule has 7 nitrogen and oxygen atoms in total. The van der Waals surface area contributed by atoms with Crippen molar-refractivity contribution in [3.63, 3.8) is 0 Å². The Kier molecular flexibility index (Phi) is 4.79. The Bertz CT molecular complexity index is 1040. The van der Waals surface area contributed by atoms with E-state index in [2.05, 4.69) is 15.6 Å². The van der Waals surface area contributed by atoms with Crippen LogP contribution in [-0.2, 0) is 0 Å². The number of benzene rings is 2. The van der Waals surface area contributed by atoms with Crippen molar-refractivity contribution >= 4 is 34.3 Å². The van der Waals surface area contributed by atoms with E-state index in [0.29, 0.717) is 17.4 Å². The Labute approximate surface area is 165 Å². The largest absolute Gasteiger partial charge is 0.377 e. The predicted molar refractivity (Wildman–Crippen MR) is 110 cm³/mol. The predicted octanol–water partition coefficient (Wildman–Crippen LogP) is 4.85. The first kappa shape index (κ1) is 18.1. The molecule has 1 aliphatic carbocycles. The topological polar surface area (TPSA) is 97.2 Å². The molecule has 0 spiro atoms. The van der Waals surface area contributed by atoms with Crippen molar-refractivity contribution in [2.75, 3.05) is 10.6 Å². The number of nitro benzene ring substituents is 1. The van der Waals surface area contributed by atoms with Gasteiger partial charge in [0.25, 0.3) is 11.6 Å². The van der Waals surface area contributed by atoms with Crippen LogP contribution in [0.4, 0.5) is 17.1 Å². The average molecular weight is 394 g/mol. The second kappa shape index (κ2) is 7.40. The molecular formula is C20H18N4O3S. The molecule has 1 aliphatic rings. The highest BCUT2D eigenvalue weighted by Crippen LogP contribution is 2.32. The number of anilines is 2. The molecule has 1 heterocycles. The summed E-state index contributed by atoms with van der Waals surface area (Å²) in [5, 5.41) is 20.2. The lowest BCUT2D eigenvalue weighted by Gasteiger charge is -2.09. The van der Waals surface area contributed by atoms with Gasteiger partial charge in [0.15, 0.2) is 0 Å². The molecule has 4 rings (SSSR count). The Hall–Kier alpha value is -3.26. The van der Waals surface area contributed by atoms with Gasteiger partial charge in [-0.25, -0.2) is 4.98 Å². The highest BCUT2D eigenvalue weighted by Gasteiger charge is 2.25. The summed E-state index contributed by atoms with van der Waals surface area (Å²) in [6.45, 7) is 1.95. The summed E-state index contributed by atoms with van der Waals surface area (Å²) in [4.78, 5) is 27.9. The van der Waals surface area contributed by atoms with Crippen LogP contribution in [0.1, 0.15) is 28.2 Å². The van der Waals surface area contributed by atoms with E-state index in [1.807, 2.05) is 24.4 Å². The minimum Gasteiger partial charge on any atom is -0.377 e. The smallest absolute Gasteiger partial charge is 0.293 e. The van der Waals surface area contributed by atoms with Crippen LogP contribution in [0, 0.1) is 17.0 Å². The Morgan fingerprint density at radius 1 is 1.21 bits per heavy atom. The molecule has 2 N–H and O–H groups in total. The van der Waals surface area contributed by atoms with Gasteiger partial charge in [0.2, 0.25) is 0 Å². The van der Waals surface area contributed by atoms with Crippen LogP contribution < -0.4 is 10.6 Å². The number of thiazole rings is 1. The molecule has 0 bridgehead atoms. The van der Waals surface area contributed by atoms with Crippen LogP contribution in [0.15, 0.2) is 47.8 Å². The van der Waals surface area contributed by atoms with Crippen molar-refractivity contribution in [3.8, 4) is 11.3 Å². The fourth-order valence-corrected chi connectivity index (χ4v) is 3.44. The summed E-state index contributed by atoms with van der Waals surface area (Å²) in [5.74, 6) is -0.390. The maximum absolute atomic E-state index is 12.5. The zero-order valence-electron chi connectivity index (χ0n) is 15.1. The van der Waals surface area contributed by atoms with Gasteiger partial charge in [-0.05, 0) is 44.0 Å². The monoisotopic (exact) mass is 394 g/mol. The second-order valence-corrected chi connectivity index (χ2v) is 7.75. The Morgan fingerprint density at radius 3 is 2.57 bits per heavy atom. The fourth-order valence-electron chi connectivity index (χ4n) is 2.82. The lowest BCUT2D eigenvalue weighted by Crippen LogP contribution is -2.13. The van der Waals surface area contributed by atoms with Gasteiger partial charge in [0.05, 0.1) is 15.6 Å². The first-order valence-corrected chi connectivity index (χ1v) is 9.76. The van der Waals surface area contributed by atoms with Gasteiger partial charge in [-0.1, -0.05) is 12.1 Å². The number of nitrogens with zero attached hydrogens (tertiary/aromatic N) is 2. The molecule has 0 aliphatic heterocycles. The molecule has 8 heteroatoms. The summed E-state index contributed by atoms with van der Waals surface area (Å²) in [6, 6.07) is 12.1. The summed E-state index contributed by atoms with van der Waals surface area (Å²) >= 11 is 1.58. The molecule has 3 aromatic rings. The first-order valence-electron chi connectivity index (χ1n) is 8.88. The number of rotatable bonds is 6. The van der Waals surface area contributed by atoms with E-state index in [4.69, 9.17) is 0 Å². The molecule has 0 saturated heterocycles. The quantitative estimate of drug-likeness (QED) is 0.460. The zero-order valence-corrected chi connectivity index (χ0v) is 16.0. The van der Waals surface area contributed by atoms with Crippen molar-refractivity contribution in [3.05, 3.63) is 68.5 Å². The molecule has 1 fully saturated rings. The number of hydrogen-bond donors (Lipinski definition) is 2. The van der Waals surface area contributed by atoms with Crippen molar-refractivity contribution in [1.82, 2.24) is 4.98 Å². The highest BCUT2D eigenvalue weighted by atomic mass is 32.1. The average Bonchev–Trinajstić information content (AvgIpc) is 3.39. The summed E-state index contributed by atoms with van der Waals surface area (Å²) < 4.78 is 0. The van der Waals surface area contributed by atoms with Crippen LogP contribution in [-0.4, -0.2) is 21.9 Å². The molecule has 0 unspecified atom stereocenters. The number of hydrogen-bond acceptors (Lipinski definition) is 6. The molecule has 1 amide bonds. The van der Waals surface area contributed by atoms with Crippen molar-refractivity contribution in [2.45, 2.75) is 25.8 Å². The Balaban J connectivity index is 1.49. The first-order chi connectivity index (χ1) is 13.5. The lowest BCUT2D eigenvalue weighted by atomic mass is 10.1. The molecular weight excluding hydrogens is 376 g/mol. The third kappa shape index (κ3) is 4.01. The number of amides is 1. The van der Waals surface area contributed by atoms with Crippen LogP contribution in [0.25, 0.3) is 11.3 Å². The number of nitrogens with one attached hydrogen (secondary N) is 2. The third-order valence-corrected chi connectivity index (χ3v) is 5.22. The van der Waals surface area contributed by atoms with Gasteiger partial charge in [-0.2, -0.15) is 0 Å². The second-order valence-electron chi connectivity index (χ2n) is 6.69. The van der Waals surface area contributed by atoms with Crippen molar-refractivity contribution in [1.29, 1.82) is 0 Å². The molecule has 28 heavy (non-hydrogen) atoms. The fraction of sp³-hybridized carbons (Fsp3) is 0.200. The summed E-state index contributed by atoms with van der Waals surface area (Å²) in [5.41, 5.74) is 3.08. The van der Waals surface area contributed by atoms with Crippen LogP contribution in [0.3, 0.4) is 0 Å². The van der Waals surface area contributed by atoms with Crippen molar-refractivity contribution in [2.24, 2.45) is 0 Å². The van der Waals surface area contributed by atoms with Crippen LogP contribution >= 0.6 is 11.3 Å².